The minimum atomic E-state index is 0.586. The van der Waals surface area contributed by atoms with Crippen molar-refractivity contribution in [1.29, 1.82) is 0 Å². The molecule has 0 saturated carbocycles. The highest BCUT2D eigenvalue weighted by atomic mass is 14.6. The molecule has 158 valence electrons. The fourth-order valence-electron chi connectivity index (χ4n) is 6.48. The maximum Gasteiger partial charge on any atom is -0.0213 e. The van der Waals surface area contributed by atoms with Gasteiger partial charge >= 0.3 is 0 Å². The first kappa shape index (κ1) is 26.0. The van der Waals surface area contributed by atoms with E-state index in [1.807, 2.05) is 0 Å². The Morgan fingerprint density at radius 3 is 1.35 bits per heavy atom. The predicted molar refractivity (Wildman–Crippen MR) is 122 cm³/mol. The molecule has 0 aliphatic carbocycles. The molecule has 1 unspecified atom stereocenters. The highest BCUT2D eigenvalue weighted by molar-refractivity contribution is 5.01. The molecule has 0 radical (unpaired) electrons. The Labute approximate surface area is 168 Å². The van der Waals surface area contributed by atoms with Crippen LogP contribution < -0.4 is 0 Å². The van der Waals surface area contributed by atoms with E-state index in [0.717, 1.165) is 5.92 Å². The summed E-state index contributed by atoms with van der Waals surface area (Å²) in [6, 6.07) is 0. The van der Waals surface area contributed by atoms with E-state index in [-0.39, 0.29) is 0 Å². The predicted octanol–water partition coefficient (Wildman–Crippen LogP) is 9.96. The number of unbranched alkanes of at least 4 members (excludes halogenated alkanes) is 2. The van der Waals surface area contributed by atoms with Gasteiger partial charge in [0.05, 0.1) is 0 Å². The summed E-state index contributed by atoms with van der Waals surface area (Å²) in [5, 5.41) is 0. The molecule has 0 heteroatoms. The first-order chi connectivity index (χ1) is 12.6. The van der Waals surface area contributed by atoms with Crippen molar-refractivity contribution in [3.05, 3.63) is 0 Å². The van der Waals surface area contributed by atoms with Crippen molar-refractivity contribution >= 4 is 0 Å². The molecule has 0 bridgehead atoms. The van der Waals surface area contributed by atoms with Crippen molar-refractivity contribution in [1.82, 2.24) is 0 Å². The van der Waals surface area contributed by atoms with Crippen LogP contribution in [0.3, 0.4) is 0 Å². The lowest BCUT2D eigenvalue weighted by molar-refractivity contribution is -0.0713. The zero-order chi connectivity index (χ0) is 19.9. The van der Waals surface area contributed by atoms with Crippen LogP contribution in [-0.2, 0) is 0 Å². The minimum Gasteiger partial charge on any atom is -0.0654 e. The van der Waals surface area contributed by atoms with E-state index in [2.05, 4.69) is 48.5 Å². The number of hydrogen-bond acceptors (Lipinski definition) is 0. The van der Waals surface area contributed by atoms with Crippen LogP contribution >= 0.6 is 0 Å². The second-order valence-electron chi connectivity index (χ2n) is 9.17. The Kier molecular flexibility index (Phi) is 15.0. The molecule has 0 aromatic rings. The van der Waals surface area contributed by atoms with Gasteiger partial charge in [0.15, 0.2) is 0 Å². The summed E-state index contributed by atoms with van der Waals surface area (Å²) in [7, 11) is 0. The monoisotopic (exact) mass is 366 g/mol. The van der Waals surface area contributed by atoms with Crippen molar-refractivity contribution in [2.75, 3.05) is 0 Å². The van der Waals surface area contributed by atoms with E-state index >= 15 is 0 Å². The van der Waals surface area contributed by atoms with Crippen LogP contribution in [0.25, 0.3) is 0 Å². The van der Waals surface area contributed by atoms with E-state index in [4.69, 9.17) is 0 Å². The van der Waals surface area contributed by atoms with Crippen molar-refractivity contribution in [3.8, 4) is 0 Å². The molecule has 0 N–H and O–H groups in total. The van der Waals surface area contributed by atoms with E-state index in [1.165, 1.54) is 103 Å². The van der Waals surface area contributed by atoms with E-state index in [9.17, 15) is 0 Å². The van der Waals surface area contributed by atoms with Crippen molar-refractivity contribution < 1.29 is 0 Å². The molecule has 0 aliphatic rings. The lowest BCUT2D eigenvalue weighted by Crippen LogP contribution is -2.48. The molecule has 0 spiro atoms. The van der Waals surface area contributed by atoms with Crippen molar-refractivity contribution in [2.24, 2.45) is 16.7 Å². The zero-order valence-corrected chi connectivity index (χ0v) is 19.9. The van der Waals surface area contributed by atoms with Gasteiger partial charge in [-0.05, 0) is 55.3 Å². The van der Waals surface area contributed by atoms with Gasteiger partial charge in [-0.2, -0.15) is 0 Å². The highest BCUT2D eigenvalue weighted by Crippen LogP contribution is 2.61. The Morgan fingerprint density at radius 2 is 0.962 bits per heavy atom. The Balaban J connectivity index is 6.24. The molecule has 0 nitrogen and oxygen atoms in total. The maximum atomic E-state index is 2.45. The van der Waals surface area contributed by atoms with Gasteiger partial charge in [-0.1, -0.05) is 113 Å². The second kappa shape index (κ2) is 15.0. The van der Waals surface area contributed by atoms with Gasteiger partial charge in [-0.25, -0.2) is 0 Å². The topological polar surface area (TPSA) is 0 Å². The maximum absolute atomic E-state index is 2.45. The van der Waals surface area contributed by atoms with Crippen LogP contribution in [0.5, 0.6) is 0 Å². The Morgan fingerprint density at radius 1 is 0.462 bits per heavy atom. The lowest BCUT2D eigenvalue weighted by Gasteiger charge is -2.57. The molecule has 0 aliphatic heterocycles. The average molecular weight is 367 g/mol. The number of hydrogen-bond donors (Lipinski definition) is 0. The van der Waals surface area contributed by atoms with Crippen LogP contribution in [0.1, 0.15) is 151 Å². The fraction of sp³-hybridized carbons (Fsp3) is 1.00. The number of rotatable bonds is 18. The molecule has 1 atom stereocenters. The van der Waals surface area contributed by atoms with E-state index < -0.39 is 0 Å². The molecule has 0 amide bonds. The first-order valence-corrected chi connectivity index (χ1v) is 12.6. The summed E-state index contributed by atoms with van der Waals surface area (Å²) in [5.41, 5.74) is 1.18. The molecule has 0 saturated heterocycles. The summed E-state index contributed by atoms with van der Waals surface area (Å²) < 4.78 is 0. The second-order valence-corrected chi connectivity index (χ2v) is 9.17. The zero-order valence-electron chi connectivity index (χ0n) is 19.9. The lowest BCUT2D eigenvalue weighted by atomic mass is 9.48. The molecule has 0 aromatic heterocycles. The van der Waals surface area contributed by atoms with Gasteiger partial charge in [0.2, 0.25) is 0 Å². The molecule has 0 rings (SSSR count). The van der Waals surface area contributed by atoms with Gasteiger partial charge in [0, 0.05) is 0 Å². The smallest absolute Gasteiger partial charge is 0.0213 e. The van der Waals surface area contributed by atoms with Gasteiger partial charge in [-0.3, -0.25) is 0 Å². The molecule has 26 heavy (non-hydrogen) atoms. The highest BCUT2D eigenvalue weighted by Gasteiger charge is 2.51. The quantitative estimate of drug-likeness (QED) is 0.226. The van der Waals surface area contributed by atoms with Crippen LogP contribution in [0.15, 0.2) is 0 Å². The van der Waals surface area contributed by atoms with Gasteiger partial charge in [-0.15, -0.1) is 0 Å². The van der Waals surface area contributed by atoms with E-state index in [1.54, 1.807) is 0 Å². The fourth-order valence-corrected chi connectivity index (χ4v) is 6.48. The average Bonchev–Trinajstić information content (AvgIpc) is 2.63. The molecule has 0 fully saturated rings. The third kappa shape index (κ3) is 6.87. The largest absolute Gasteiger partial charge is 0.0654 e. The van der Waals surface area contributed by atoms with Gasteiger partial charge in [0.1, 0.15) is 0 Å². The Bertz CT molecular complexity index is 291. The van der Waals surface area contributed by atoms with E-state index in [0.29, 0.717) is 10.8 Å². The van der Waals surface area contributed by atoms with Crippen molar-refractivity contribution in [3.63, 3.8) is 0 Å². The van der Waals surface area contributed by atoms with Crippen LogP contribution in [0, 0.1) is 16.7 Å². The van der Waals surface area contributed by atoms with Gasteiger partial charge < -0.3 is 0 Å². The normalized spacial score (nSPS) is 14.0. The molecule has 0 aromatic carbocycles. The Hall–Kier alpha value is 0. The summed E-state index contributed by atoms with van der Waals surface area (Å²) in [5.74, 6) is 0.947. The first-order valence-electron chi connectivity index (χ1n) is 12.6. The van der Waals surface area contributed by atoms with Crippen LogP contribution in [-0.4, -0.2) is 0 Å². The third-order valence-corrected chi connectivity index (χ3v) is 7.24. The third-order valence-electron chi connectivity index (χ3n) is 7.24. The summed E-state index contributed by atoms with van der Waals surface area (Å²) >= 11 is 0. The SMILES string of the molecule is CCCCC(CCC)C(CCC)(CCC)C(CCC)(CCC)CCCC. The van der Waals surface area contributed by atoms with Gasteiger partial charge in [0.25, 0.3) is 0 Å². The van der Waals surface area contributed by atoms with Crippen LogP contribution in [0.4, 0.5) is 0 Å². The van der Waals surface area contributed by atoms with Crippen LogP contribution in [0.2, 0.25) is 0 Å². The summed E-state index contributed by atoms with van der Waals surface area (Å²) in [6.07, 6.45) is 22.7. The standard InChI is InChI=1S/C26H54/c1-8-15-18-24(17-10-3)26(21-13-6,22-14-7)25(19-11-4,20-12-5)23-16-9-2/h24H,8-23H2,1-7H3. The summed E-state index contributed by atoms with van der Waals surface area (Å²) in [6.45, 7) is 17.0. The molecule has 0 heterocycles. The summed E-state index contributed by atoms with van der Waals surface area (Å²) in [4.78, 5) is 0. The van der Waals surface area contributed by atoms with Crippen molar-refractivity contribution in [2.45, 2.75) is 151 Å². The minimum absolute atomic E-state index is 0.586. The molecular weight excluding hydrogens is 312 g/mol. The molecular formula is C26H54.